The highest BCUT2D eigenvalue weighted by Gasteiger charge is 2.31. The third kappa shape index (κ3) is 2.64. The number of nitrogens with zero attached hydrogens (tertiary/aromatic N) is 4. The molecule has 3 atom stereocenters. The van der Waals surface area contributed by atoms with E-state index in [0.717, 1.165) is 25.5 Å². The summed E-state index contributed by atoms with van der Waals surface area (Å²) in [5, 5.41) is 16.8. The Morgan fingerprint density at radius 2 is 2.21 bits per heavy atom. The van der Waals surface area contributed by atoms with Crippen molar-refractivity contribution in [2.45, 2.75) is 24.6 Å². The highest BCUT2D eigenvalue weighted by atomic mass is 16.5. The molecule has 3 rings (SSSR count). The number of nitrogens with one attached hydrogen (secondary N) is 1. The first-order valence-corrected chi connectivity index (χ1v) is 6.77. The Bertz CT molecular complexity index is 438. The van der Waals surface area contributed by atoms with Gasteiger partial charge in [-0.05, 0) is 20.5 Å². The van der Waals surface area contributed by atoms with Gasteiger partial charge in [0.1, 0.15) is 0 Å². The van der Waals surface area contributed by atoms with Gasteiger partial charge in [-0.25, -0.2) is 0 Å². The van der Waals surface area contributed by atoms with Gasteiger partial charge in [-0.1, -0.05) is 5.16 Å². The number of aliphatic hydroxyl groups excluding tert-OH is 1. The smallest absolute Gasteiger partial charge is 0.243 e. The van der Waals surface area contributed by atoms with Gasteiger partial charge in [0.2, 0.25) is 5.89 Å². The molecule has 2 N–H and O–H groups in total. The van der Waals surface area contributed by atoms with Crippen LogP contribution in [-0.4, -0.2) is 71.4 Å². The van der Waals surface area contributed by atoms with Crippen LogP contribution in [0.2, 0.25) is 0 Å². The Kier molecular flexibility index (Phi) is 3.53. The monoisotopic (exact) mass is 267 g/mol. The first-order chi connectivity index (χ1) is 9.13. The molecule has 106 valence electrons. The zero-order valence-corrected chi connectivity index (χ0v) is 11.4. The van der Waals surface area contributed by atoms with Crippen molar-refractivity contribution in [3.63, 3.8) is 0 Å². The average Bonchev–Trinajstić information content (AvgIpc) is 3.00. The number of hydrogen-bond donors (Lipinski definition) is 2. The molecule has 1 aromatic heterocycles. The van der Waals surface area contributed by atoms with E-state index < -0.39 is 0 Å². The van der Waals surface area contributed by atoms with Crippen molar-refractivity contribution < 1.29 is 9.63 Å². The quantitative estimate of drug-likeness (QED) is 0.739. The van der Waals surface area contributed by atoms with Gasteiger partial charge < -0.3 is 19.8 Å². The Labute approximate surface area is 112 Å². The van der Waals surface area contributed by atoms with Gasteiger partial charge in [-0.2, -0.15) is 4.98 Å². The maximum Gasteiger partial charge on any atom is 0.243 e. The van der Waals surface area contributed by atoms with Crippen molar-refractivity contribution in [1.82, 2.24) is 25.3 Å². The zero-order chi connectivity index (χ0) is 13.4. The molecular formula is C12H21N5O2. The minimum atomic E-state index is -0.316. The molecule has 0 spiro atoms. The highest BCUT2D eigenvalue weighted by molar-refractivity contribution is 5.02. The topological polar surface area (TPSA) is 77.7 Å². The first-order valence-electron chi connectivity index (χ1n) is 6.77. The number of rotatable bonds is 2. The molecular weight excluding hydrogens is 246 g/mol. The third-order valence-corrected chi connectivity index (χ3v) is 4.01. The number of hydrogen-bond acceptors (Lipinski definition) is 7. The lowest BCUT2D eigenvalue weighted by molar-refractivity contribution is 0.108. The van der Waals surface area contributed by atoms with Crippen LogP contribution >= 0.6 is 0 Å². The normalized spacial score (nSPS) is 33.9. The molecule has 2 saturated heterocycles. The second-order valence-electron chi connectivity index (χ2n) is 5.60. The van der Waals surface area contributed by atoms with Crippen molar-refractivity contribution in [2.24, 2.45) is 0 Å². The lowest BCUT2D eigenvalue weighted by Crippen LogP contribution is -2.45. The van der Waals surface area contributed by atoms with Gasteiger partial charge in [0.25, 0.3) is 0 Å². The number of likely N-dealkylation sites (N-methyl/N-ethyl adjacent to an activating group) is 2. The predicted molar refractivity (Wildman–Crippen MR) is 68.5 cm³/mol. The van der Waals surface area contributed by atoms with E-state index in [4.69, 9.17) is 4.52 Å². The van der Waals surface area contributed by atoms with E-state index in [-0.39, 0.29) is 18.2 Å². The Balaban J connectivity index is 1.73. The maximum atomic E-state index is 9.53. The fourth-order valence-electron chi connectivity index (χ4n) is 2.72. The van der Waals surface area contributed by atoms with Gasteiger partial charge in [0.15, 0.2) is 5.82 Å². The molecule has 0 aromatic carbocycles. The highest BCUT2D eigenvalue weighted by Crippen LogP contribution is 2.25. The summed E-state index contributed by atoms with van der Waals surface area (Å²) in [5.41, 5.74) is 0. The van der Waals surface area contributed by atoms with Gasteiger partial charge >= 0.3 is 0 Å². The number of β-amino-alcohol motifs (C(OH)–C–C–N with tert-alkyl or cyclic N) is 1. The SMILES string of the molecule is CN1CCN(C)C(c2noc([C@H]3C[C@H](O)CN3)n2)C1. The van der Waals surface area contributed by atoms with Crippen molar-refractivity contribution in [3.05, 3.63) is 11.7 Å². The van der Waals surface area contributed by atoms with Crippen molar-refractivity contribution in [3.8, 4) is 0 Å². The Morgan fingerprint density at radius 3 is 2.95 bits per heavy atom. The molecule has 1 unspecified atom stereocenters. The van der Waals surface area contributed by atoms with Crippen LogP contribution < -0.4 is 5.32 Å². The van der Waals surface area contributed by atoms with Crippen molar-refractivity contribution in [2.75, 3.05) is 40.3 Å². The van der Waals surface area contributed by atoms with E-state index in [1.54, 1.807) is 0 Å². The molecule has 0 radical (unpaired) electrons. The molecule has 2 aliphatic rings. The molecule has 7 nitrogen and oxygen atoms in total. The van der Waals surface area contributed by atoms with E-state index in [1.165, 1.54) is 0 Å². The Morgan fingerprint density at radius 1 is 1.37 bits per heavy atom. The molecule has 19 heavy (non-hydrogen) atoms. The summed E-state index contributed by atoms with van der Waals surface area (Å²) in [7, 11) is 4.20. The standard InChI is InChI=1S/C12H21N5O2/c1-16-3-4-17(2)10(7-16)11-14-12(19-15-11)9-5-8(18)6-13-9/h8-10,13,18H,3-7H2,1-2H3/t8-,9+,10?/m0/s1. The summed E-state index contributed by atoms with van der Waals surface area (Å²) in [6, 6.07) is 0.172. The zero-order valence-electron chi connectivity index (χ0n) is 11.4. The van der Waals surface area contributed by atoms with E-state index in [0.29, 0.717) is 18.9 Å². The van der Waals surface area contributed by atoms with Crippen LogP contribution in [0.1, 0.15) is 30.2 Å². The fourth-order valence-corrected chi connectivity index (χ4v) is 2.72. The number of piperazine rings is 1. The predicted octanol–water partition coefficient (Wildman–Crippen LogP) is -0.617. The first kappa shape index (κ1) is 13.0. The van der Waals surface area contributed by atoms with Crippen LogP contribution in [0.5, 0.6) is 0 Å². The number of aromatic nitrogens is 2. The molecule has 7 heteroatoms. The van der Waals surface area contributed by atoms with Crippen LogP contribution in [0, 0.1) is 0 Å². The summed E-state index contributed by atoms with van der Waals surface area (Å²) >= 11 is 0. The fraction of sp³-hybridized carbons (Fsp3) is 0.833. The minimum absolute atomic E-state index is 0.0112. The van der Waals surface area contributed by atoms with Gasteiger partial charge in [0, 0.05) is 26.2 Å². The molecule has 2 fully saturated rings. The maximum absolute atomic E-state index is 9.53. The van der Waals surface area contributed by atoms with Crippen LogP contribution in [0.15, 0.2) is 4.52 Å². The molecule has 0 bridgehead atoms. The average molecular weight is 267 g/mol. The summed E-state index contributed by atoms with van der Waals surface area (Å²) < 4.78 is 5.35. The second-order valence-corrected chi connectivity index (χ2v) is 5.60. The van der Waals surface area contributed by atoms with Gasteiger partial charge in [0.05, 0.1) is 18.2 Å². The van der Waals surface area contributed by atoms with Crippen LogP contribution in [0.4, 0.5) is 0 Å². The van der Waals surface area contributed by atoms with E-state index >= 15 is 0 Å². The van der Waals surface area contributed by atoms with E-state index in [1.807, 2.05) is 0 Å². The van der Waals surface area contributed by atoms with Crippen LogP contribution in [0.3, 0.4) is 0 Å². The molecule has 0 amide bonds. The summed E-state index contributed by atoms with van der Waals surface area (Å²) in [6.07, 6.45) is 0.325. The molecule has 3 heterocycles. The van der Waals surface area contributed by atoms with E-state index in [2.05, 4.69) is 39.4 Å². The third-order valence-electron chi connectivity index (χ3n) is 4.01. The Hall–Kier alpha value is -1.02. The molecule has 1 aromatic rings. The van der Waals surface area contributed by atoms with Crippen LogP contribution in [0.25, 0.3) is 0 Å². The summed E-state index contributed by atoms with van der Waals surface area (Å²) in [6.45, 7) is 3.57. The van der Waals surface area contributed by atoms with E-state index in [9.17, 15) is 5.11 Å². The second kappa shape index (κ2) is 5.16. The molecule has 0 aliphatic carbocycles. The molecule has 2 aliphatic heterocycles. The lowest BCUT2D eigenvalue weighted by Gasteiger charge is -2.35. The largest absolute Gasteiger partial charge is 0.392 e. The molecule has 0 saturated carbocycles. The van der Waals surface area contributed by atoms with Crippen molar-refractivity contribution >= 4 is 0 Å². The minimum Gasteiger partial charge on any atom is -0.392 e. The van der Waals surface area contributed by atoms with Gasteiger partial charge in [-0.3, -0.25) is 4.90 Å². The van der Waals surface area contributed by atoms with Crippen molar-refractivity contribution in [1.29, 1.82) is 0 Å². The van der Waals surface area contributed by atoms with Gasteiger partial charge in [-0.15, -0.1) is 0 Å². The summed E-state index contributed by atoms with van der Waals surface area (Å²) in [4.78, 5) is 9.05. The van der Waals surface area contributed by atoms with Crippen LogP contribution in [-0.2, 0) is 0 Å². The summed E-state index contributed by atoms with van der Waals surface area (Å²) in [5.74, 6) is 1.33. The lowest BCUT2D eigenvalue weighted by atomic mass is 10.1. The number of aliphatic hydroxyl groups is 1.